The number of nitrogens with one attached hydrogen (secondary N) is 1. The van der Waals surface area contributed by atoms with Crippen LogP contribution in [0.3, 0.4) is 0 Å². The van der Waals surface area contributed by atoms with E-state index in [1.807, 2.05) is 43.3 Å². The number of nitrogens with zero attached hydrogens (tertiary/aromatic N) is 2. The van der Waals surface area contributed by atoms with Crippen molar-refractivity contribution >= 4 is 50.9 Å². The van der Waals surface area contributed by atoms with Gasteiger partial charge in [0.05, 0.1) is 6.61 Å². The average Bonchev–Trinajstić information content (AvgIpc) is 3.14. The van der Waals surface area contributed by atoms with Crippen molar-refractivity contribution in [1.29, 1.82) is 0 Å². The zero-order chi connectivity index (χ0) is 19.9. The summed E-state index contributed by atoms with van der Waals surface area (Å²) in [7, 11) is 0. The summed E-state index contributed by atoms with van der Waals surface area (Å²) in [4.78, 5) is 24.8. The first-order chi connectivity index (χ1) is 13.6. The van der Waals surface area contributed by atoms with Gasteiger partial charge in [0.15, 0.2) is 4.34 Å². The van der Waals surface area contributed by atoms with E-state index in [9.17, 15) is 9.59 Å². The molecular weight excluding hydrogens is 394 g/mol. The third-order valence-electron chi connectivity index (χ3n) is 4.00. The van der Waals surface area contributed by atoms with Gasteiger partial charge in [0.2, 0.25) is 5.13 Å². The fourth-order valence-electron chi connectivity index (χ4n) is 2.74. The number of carbonyl (C=O) groups excluding carboxylic acids is 2. The number of fused-ring (bicyclic) bond motifs is 1. The number of esters is 1. The van der Waals surface area contributed by atoms with Crippen LogP contribution in [0.25, 0.3) is 10.8 Å². The van der Waals surface area contributed by atoms with Crippen molar-refractivity contribution < 1.29 is 14.3 Å². The first-order valence-corrected chi connectivity index (χ1v) is 10.8. The highest BCUT2D eigenvalue weighted by molar-refractivity contribution is 8.02. The summed E-state index contributed by atoms with van der Waals surface area (Å²) in [5, 5.41) is 12.9. The van der Waals surface area contributed by atoms with Crippen LogP contribution in [-0.4, -0.2) is 33.9 Å². The van der Waals surface area contributed by atoms with Gasteiger partial charge in [-0.25, -0.2) is 0 Å². The van der Waals surface area contributed by atoms with Crippen LogP contribution in [0.5, 0.6) is 0 Å². The van der Waals surface area contributed by atoms with Crippen molar-refractivity contribution in [2.75, 3.05) is 11.9 Å². The molecule has 1 aromatic heterocycles. The van der Waals surface area contributed by atoms with Crippen LogP contribution in [0.2, 0.25) is 0 Å². The van der Waals surface area contributed by atoms with E-state index in [1.165, 1.54) is 23.1 Å². The Morgan fingerprint density at radius 3 is 2.71 bits per heavy atom. The van der Waals surface area contributed by atoms with Crippen LogP contribution in [0.1, 0.15) is 37.0 Å². The Hall–Kier alpha value is -2.45. The predicted octanol–water partition coefficient (Wildman–Crippen LogP) is 4.77. The first-order valence-electron chi connectivity index (χ1n) is 9.08. The summed E-state index contributed by atoms with van der Waals surface area (Å²) >= 11 is 2.58. The van der Waals surface area contributed by atoms with Crippen LogP contribution in [0.4, 0.5) is 5.13 Å². The summed E-state index contributed by atoms with van der Waals surface area (Å²) in [6.07, 6.45) is 1.56. The number of aromatic nitrogens is 2. The van der Waals surface area contributed by atoms with Gasteiger partial charge in [0, 0.05) is 5.56 Å². The van der Waals surface area contributed by atoms with Crippen LogP contribution >= 0.6 is 23.1 Å². The third-order valence-corrected chi connectivity index (χ3v) is 6.17. The van der Waals surface area contributed by atoms with Gasteiger partial charge in [-0.1, -0.05) is 72.8 Å². The largest absolute Gasteiger partial charge is 0.465 e. The van der Waals surface area contributed by atoms with E-state index in [4.69, 9.17) is 4.74 Å². The van der Waals surface area contributed by atoms with Crippen LogP contribution in [0, 0.1) is 0 Å². The van der Waals surface area contributed by atoms with E-state index >= 15 is 0 Å². The Balaban J connectivity index is 1.71. The number of carbonyl (C=O) groups is 2. The highest BCUT2D eigenvalue weighted by Crippen LogP contribution is 2.32. The molecule has 1 heterocycles. The zero-order valence-corrected chi connectivity index (χ0v) is 17.3. The lowest BCUT2D eigenvalue weighted by Crippen LogP contribution is -2.20. The summed E-state index contributed by atoms with van der Waals surface area (Å²) < 4.78 is 5.75. The molecule has 1 atom stereocenters. The van der Waals surface area contributed by atoms with E-state index in [1.54, 1.807) is 13.0 Å². The number of benzene rings is 2. The Bertz CT molecular complexity index is 969. The van der Waals surface area contributed by atoms with Crippen molar-refractivity contribution in [3.63, 3.8) is 0 Å². The molecule has 0 aliphatic heterocycles. The smallest absolute Gasteiger partial charge is 0.319 e. The molecule has 146 valence electrons. The lowest BCUT2D eigenvalue weighted by Gasteiger charge is -2.11. The second-order valence-corrected chi connectivity index (χ2v) is 8.43. The third kappa shape index (κ3) is 4.88. The fraction of sp³-hybridized carbons (Fsp3) is 0.300. The lowest BCUT2D eigenvalue weighted by molar-refractivity contribution is -0.142. The number of hydrogen-bond acceptors (Lipinski definition) is 7. The second kappa shape index (κ2) is 9.66. The molecule has 0 aliphatic rings. The minimum Gasteiger partial charge on any atom is -0.465 e. The molecule has 1 amide bonds. The minimum absolute atomic E-state index is 0.236. The maximum Gasteiger partial charge on any atom is 0.319 e. The van der Waals surface area contributed by atoms with E-state index in [0.29, 0.717) is 28.1 Å². The Morgan fingerprint density at radius 2 is 1.93 bits per heavy atom. The molecule has 2 aromatic carbocycles. The first kappa shape index (κ1) is 20.3. The molecule has 0 bridgehead atoms. The summed E-state index contributed by atoms with van der Waals surface area (Å²) in [6.45, 7) is 4.15. The number of amides is 1. The van der Waals surface area contributed by atoms with Gasteiger partial charge in [0.25, 0.3) is 5.91 Å². The topological polar surface area (TPSA) is 81.2 Å². The molecule has 0 saturated heterocycles. The maximum absolute atomic E-state index is 12.7. The number of anilines is 1. The highest BCUT2D eigenvalue weighted by Gasteiger charge is 2.23. The van der Waals surface area contributed by atoms with E-state index < -0.39 is 0 Å². The van der Waals surface area contributed by atoms with Gasteiger partial charge in [-0.15, -0.1) is 10.2 Å². The summed E-state index contributed by atoms with van der Waals surface area (Å²) in [6, 6.07) is 13.3. The molecule has 0 saturated carbocycles. The maximum atomic E-state index is 12.7. The number of rotatable bonds is 8. The van der Waals surface area contributed by atoms with Crippen molar-refractivity contribution in [2.45, 2.75) is 36.3 Å². The molecule has 8 heteroatoms. The fourth-order valence-corrected chi connectivity index (χ4v) is 4.84. The van der Waals surface area contributed by atoms with Crippen molar-refractivity contribution in [3.05, 3.63) is 48.0 Å². The molecule has 6 nitrogen and oxygen atoms in total. The van der Waals surface area contributed by atoms with Crippen molar-refractivity contribution in [2.24, 2.45) is 0 Å². The van der Waals surface area contributed by atoms with Crippen molar-refractivity contribution in [1.82, 2.24) is 10.2 Å². The second-order valence-electron chi connectivity index (χ2n) is 6.00. The molecule has 28 heavy (non-hydrogen) atoms. The number of ether oxygens (including phenoxy) is 1. The molecule has 0 aliphatic carbocycles. The van der Waals surface area contributed by atoms with Gasteiger partial charge in [0.1, 0.15) is 5.25 Å². The van der Waals surface area contributed by atoms with Crippen LogP contribution < -0.4 is 5.32 Å². The van der Waals surface area contributed by atoms with Gasteiger partial charge in [-0.3, -0.25) is 14.9 Å². The average molecular weight is 416 g/mol. The summed E-state index contributed by atoms with van der Waals surface area (Å²) in [5.41, 5.74) is 0.581. The molecule has 3 aromatic rings. The van der Waals surface area contributed by atoms with E-state index in [0.717, 1.165) is 17.2 Å². The highest BCUT2D eigenvalue weighted by atomic mass is 32.2. The molecule has 1 N–H and O–H groups in total. The molecule has 1 unspecified atom stereocenters. The lowest BCUT2D eigenvalue weighted by atomic mass is 10.0. The molecule has 0 spiro atoms. The SMILES string of the molecule is CCCC(Sc1nnc(NC(=O)c2cccc3ccccc23)s1)C(=O)OCC. The number of hydrogen-bond donors (Lipinski definition) is 1. The molecule has 0 fully saturated rings. The van der Waals surface area contributed by atoms with E-state index in [2.05, 4.69) is 15.5 Å². The van der Waals surface area contributed by atoms with Crippen molar-refractivity contribution in [3.8, 4) is 0 Å². The van der Waals surface area contributed by atoms with Gasteiger partial charge in [-0.05, 0) is 30.2 Å². The van der Waals surface area contributed by atoms with Crippen LogP contribution in [0.15, 0.2) is 46.8 Å². The summed E-state index contributed by atoms with van der Waals surface area (Å²) in [5.74, 6) is -0.481. The predicted molar refractivity (Wildman–Crippen MR) is 113 cm³/mol. The Morgan fingerprint density at radius 1 is 1.14 bits per heavy atom. The Kier molecular flexibility index (Phi) is 7.00. The Labute approximate surface area is 171 Å². The van der Waals surface area contributed by atoms with Gasteiger partial charge < -0.3 is 4.74 Å². The minimum atomic E-state index is -0.320. The van der Waals surface area contributed by atoms with E-state index in [-0.39, 0.29) is 17.1 Å². The monoisotopic (exact) mass is 415 g/mol. The van der Waals surface area contributed by atoms with Gasteiger partial charge >= 0.3 is 5.97 Å². The van der Waals surface area contributed by atoms with Gasteiger partial charge in [-0.2, -0.15) is 0 Å². The zero-order valence-electron chi connectivity index (χ0n) is 15.7. The number of thioether (sulfide) groups is 1. The normalized spacial score (nSPS) is 11.9. The molecule has 0 radical (unpaired) electrons. The molecule has 3 rings (SSSR count). The quantitative estimate of drug-likeness (QED) is 0.324. The van der Waals surface area contributed by atoms with Crippen LogP contribution in [-0.2, 0) is 9.53 Å². The standard InChI is InChI=1S/C20H21N3O3S2/c1-3-8-16(18(25)26-4-2)27-20-23-22-19(28-20)21-17(24)15-12-7-10-13-9-5-6-11-14(13)15/h5-7,9-12,16H,3-4,8H2,1-2H3,(H,21,22,24). The molecular formula is C20H21N3O3S2.